The number of benzene rings is 2. The lowest BCUT2D eigenvalue weighted by molar-refractivity contribution is 0.464. The van der Waals surface area contributed by atoms with E-state index in [0.717, 1.165) is 22.7 Å². The zero-order valence-electron chi connectivity index (χ0n) is 11.8. The van der Waals surface area contributed by atoms with Crippen LogP contribution in [0.1, 0.15) is 5.56 Å². The van der Waals surface area contributed by atoms with Crippen LogP contribution in [0.5, 0.6) is 11.6 Å². The van der Waals surface area contributed by atoms with E-state index in [1.807, 2.05) is 54.6 Å². The van der Waals surface area contributed by atoms with E-state index in [9.17, 15) is 0 Å². The molecule has 5 heteroatoms. The molecule has 2 aromatic carbocycles. The van der Waals surface area contributed by atoms with Crippen LogP contribution in [0.15, 0.2) is 60.9 Å². The third-order valence-corrected chi connectivity index (χ3v) is 3.48. The van der Waals surface area contributed by atoms with Crippen molar-refractivity contribution in [1.29, 1.82) is 0 Å². The van der Waals surface area contributed by atoms with Crippen molar-refractivity contribution in [1.82, 2.24) is 9.97 Å². The molecule has 0 saturated heterocycles. The number of hydrogen-bond donors (Lipinski definition) is 2. The fourth-order valence-electron chi connectivity index (χ4n) is 2.40. The molecule has 0 unspecified atom stereocenters. The molecule has 0 saturated carbocycles. The molecule has 4 rings (SSSR count). The van der Waals surface area contributed by atoms with Crippen molar-refractivity contribution < 1.29 is 4.74 Å². The molecule has 108 valence electrons. The Bertz CT molecular complexity index is 805. The fourth-order valence-corrected chi connectivity index (χ4v) is 2.40. The molecule has 3 aromatic rings. The predicted molar refractivity (Wildman–Crippen MR) is 85.6 cm³/mol. The van der Waals surface area contributed by atoms with Crippen molar-refractivity contribution in [2.75, 3.05) is 10.6 Å². The second-order valence-corrected chi connectivity index (χ2v) is 4.96. The topological polar surface area (TPSA) is 59.1 Å². The second-order valence-electron chi connectivity index (χ2n) is 4.96. The maximum absolute atomic E-state index is 5.93. The van der Waals surface area contributed by atoms with E-state index in [2.05, 4.69) is 20.6 Å². The van der Waals surface area contributed by atoms with Crippen LogP contribution < -0.4 is 15.4 Å². The van der Waals surface area contributed by atoms with Crippen LogP contribution in [-0.2, 0) is 6.54 Å². The minimum atomic E-state index is 0.526. The van der Waals surface area contributed by atoms with E-state index in [1.54, 1.807) is 0 Å². The van der Waals surface area contributed by atoms with Crippen molar-refractivity contribution in [3.8, 4) is 11.6 Å². The van der Waals surface area contributed by atoms with E-state index in [4.69, 9.17) is 4.74 Å². The van der Waals surface area contributed by atoms with Gasteiger partial charge in [0.05, 0.1) is 0 Å². The lowest BCUT2D eigenvalue weighted by Gasteiger charge is -2.12. The molecule has 0 aliphatic carbocycles. The number of ether oxygens (including phenoxy) is 1. The standard InChI is InChI=1S/C17H14N4O/c1-2-7-13(8-3-1)21-16-15-17(20-11-19-16)22-14-9-5-4-6-12(14)10-18-15/h1-9,11,18H,10H2,(H,19,20,21). The monoisotopic (exact) mass is 290 g/mol. The summed E-state index contributed by atoms with van der Waals surface area (Å²) in [4.78, 5) is 8.57. The van der Waals surface area contributed by atoms with Gasteiger partial charge in [0, 0.05) is 17.8 Å². The number of para-hydroxylation sites is 2. The minimum absolute atomic E-state index is 0.526. The maximum Gasteiger partial charge on any atom is 0.248 e. The highest BCUT2D eigenvalue weighted by Gasteiger charge is 2.18. The molecule has 22 heavy (non-hydrogen) atoms. The van der Waals surface area contributed by atoms with Crippen LogP contribution in [0.4, 0.5) is 17.2 Å². The lowest BCUT2D eigenvalue weighted by atomic mass is 10.2. The average Bonchev–Trinajstić information content (AvgIpc) is 2.75. The van der Waals surface area contributed by atoms with E-state index < -0.39 is 0 Å². The number of nitrogens with one attached hydrogen (secondary N) is 2. The summed E-state index contributed by atoms with van der Waals surface area (Å²) in [5.41, 5.74) is 2.82. The Morgan fingerprint density at radius 2 is 1.77 bits per heavy atom. The molecule has 5 nitrogen and oxygen atoms in total. The molecular weight excluding hydrogens is 276 g/mol. The zero-order chi connectivity index (χ0) is 14.8. The van der Waals surface area contributed by atoms with Crippen LogP contribution in [0.2, 0.25) is 0 Å². The summed E-state index contributed by atoms with van der Waals surface area (Å²) in [5, 5.41) is 6.65. The van der Waals surface area contributed by atoms with Gasteiger partial charge in [-0.05, 0) is 18.2 Å². The van der Waals surface area contributed by atoms with Gasteiger partial charge in [-0.2, -0.15) is 4.98 Å². The molecule has 0 radical (unpaired) electrons. The quantitative estimate of drug-likeness (QED) is 0.748. The molecule has 1 aromatic heterocycles. The molecule has 0 bridgehead atoms. The lowest BCUT2D eigenvalue weighted by Crippen LogP contribution is -2.03. The first kappa shape index (κ1) is 12.6. The summed E-state index contributed by atoms with van der Waals surface area (Å²) >= 11 is 0. The Kier molecular flexibility index (Phi) is 3.08. The van der Waals surface area contributed by atoms with Crippen molar-refractivity contribution in [2.45, 2.75) is 6.54 Å². The molecular formula is C17H14N4O. The Hall–Kier alpha value is -3.08. The van der Waals surface area contributed by atoms with Gasteiger partial charge in [-0.15, -0.1) is 0 Å². The highest BCUT2D eigenvalue weighted by atomic mass is 16.5. The van der Waals surface area contributed by atoms with Gasteiger partial charge in [0.2, 0.25) is 5.88 Å². The van der Waals surface area contributed by atoms with Gasteiger partial charge in [-0.1, -0.05) is 36.4 Å². The summed E-state index contributed by atoms with van der Waals surface area (Å²) in [6.45, 7) is 0.667. The molecule has 2 N–H and O–H groups in total. The molecule has 0 atom stereocenters. The number of aromatic nitrogens is 2. The van der Waals surface area contributed by atoms with Gasteiger partial charge in [0.25, 0.3) is 0 Å². The van der Waals surface area contributed by atoms with Gasteiger partial charge in [0.15, 0.2) is 5.82 Å². The van der Waals surface area contributed by atoms with E-state index in [-0.39, 0.29) is 0 Å². The number of fused-ring (bicyclic) bond motifs is 2. The van der Waals surface area contributed by atoms with Gasteiger partial charge in [-0.3, -0.25) is 0 Å². The molecule has 0 fully saturated rings. The van der Waals surface area contributed by atoms with E-state index >= 15 is 0 Å². The summed E-state index contributed by atoms with van der Waals surface area (Å²) in [7, 11) is 0. The first-order chi connectivity index (χ1) is 10.9. The average molecular weight is 290 g/mol. The van der Waals surface area contributed by atoms with E-state index in [0.29, 0.717) is 18.2 Å². The molecule has 2 heterocycles. The Balaban J connectivity index is 1.71. The van der Waals surface area contributed by atoms with Gasteiger partial charge in [-0.25, -0.2) is 4.98 Å². The number of anilines is 3. The third-order valence-electron chi connectivity index (χ3n) is 3.48. The number of nitrogens with zero attached hydrogens (tertiary/aromatic N) is 2. The SMILES string of the molecule is c1ccc(Nc2ncnc3c2NCc2ccccc2O3)cc1. The van der Waals surface area contributed by atoms with Crippen LogP contribution in [0.3, 0.4) is 0 Å². The highest BCUT2D eigenvalue weighted by molar-refractivity contribution is 5.75. The van der Waals surface area contributed by atoms with Crippen LogP contribution in [0.25, 0.3) is 0 Å². The number of hydrogen-bond acceptors (Lipinski definition) is 5. The summed E-state index contributed by atoms with van der Waals surface area (Å²) in [5.74, 6) is 2.04. The Labute approximate surface area is 128 Å². The molecule has 1 aliphatic heterocycles. The van der Waals surface area contributed by atoms with Crippen LogP contribution >= 0.6 is 0 Å². The van der Waals surface area contributed by atoms with Crippen LogP contribution in [-0.4, -0.2) is 9.97 Å². The summed E-state index contributed by atoms with van der Waals surface area (Å²) < 4.78 is 5.93. The van der Waals surface area contributed by atoms with Gasteiger partial charge in [0.1, 0.15) is 17.8 Å². The normalized spacial score (nSPS) is 12.2. The minimum Gasteiger partial charge on any atom is -0.437 e. The van der Waals surface area contributed by atoms with Gasteiger partial charge < -0.3 is 15.4 Å². The van der Waals surface area contributed by atoms with Crippen molar-refractivity contribution in [3.63, 3.8) is 0 Å². The van der Waals surface area contributed by atoms with E-state index in [1.165, 1.54) is 6.33 Å². The second kappa shape index (κ2) is 5.37. The molecule has 0 amide bonds. The summed E-state index contributed by atoms with van der Waals surface area (Å²) in [6, 6.07) is 17.8. The Morgan fingerprint density at radius 1 is 0.955 bits per heavy atom. The maximum atomic E-state index is 5.93. The van der Waals surface area contributed by atoms with Crippen molar-refractivity contribution >= 4 is 17.2 Å². The van der Waals surface area contributed by atoms with Crippen LogP contribution in [0, 0.1) is 0 Å². The smallest absolute Gasteiger partial charge is 0.248 e. The van der Waals surface area contributed by atoms with Gasteiger partial charge >= 0.3 is 0 Å². The predicted octanol–water partition coefficient (Wildman–Crippen LogP) is 3.94. The molecule has 1 aliphatic rings. The van der Waals surface area contributed by atoms with Crippen molar-refractivity contribution in [2.24, 2.45) is 0 Å². The molecule has 0 spiro atoms. The third kappa shape index (κ3) is 2.33. The zero-order valence-corrected chi connectivity index (χ0v) is 11.8. The Morgan fingerprint density at radius 3 is 2.68 bits per heavy atom. The highest BCUT2D eigenvalue weighted by Crippen LogP contribution is 2.37. The first-order valence-corrected chi connectivity index (χ1v) is 7.07. The van der Waals surface area contributed by atoms with Crippen molar-refractivity contribution in [3.05, 3.63) is 66.5 Å². The first-order valence-electron chi connectivity index (χ1n) is 7.07. The largest absolute Gasteiger partial charge is 0.437 e. The summed E-state index contributed by atoms with van der Waals surface area (Å²) in [6.07, 6.45) is 1.50. The fraction of sp³-hybridized carbons (Fsp3) is 0.0588. The number of rotatable bonds is 2.